The molecule has 0 saturated carbocycles. The molecule has 1 spiro atoms. The summed E-state index contributed by atoms with van der Waals surface area (Å²) in [6.45, 7) is 0. The fourth-order valence-corrected chi connectivity index (χ4v) is 11.8. The van der Waals surface area contributed by atoms with Gasteiger partial charge in [0.25, 0.3) is 0 Å². The molecule has 11 aromatic carbocycles. The van der Waals surface area contributed by atoms with E-state index in [0.29, 0.717) is 0 Å². The Morgan fingerprint density at radius 1 is 0.254 bits per heavy atom. The van der Waals surface area contributed by atoms with Crippen LogP contribution in [-0.4, -0.2) is 0 Å². The third kappa shape index (κ3) is 5.45. The van der Waals surface area contributed by atoms with E-state index in [-0.39, 0.29) is 0 Å². The summed E-state index contributed by atoms with van der Waals surface area (Å²) in [7, 11) is 0. The molecule has 3 aliphatic rings. The number of nitrogens with zero attached hydrogens (tertiary/aromatic N) is 2. The van der Waals surface area contributed by atoms with Gasteiger partial charge in [-0.2, -0.15) is 0 Å². The maximum absolute atomic E-state index is 2.48. The highest BCUT2D eigenvalue weighted by Gasteiger charge is 2.50. The largest absolute Gasteiger partial charge is 0.310 e. The number of fused-ring (bicyclic) bond motifs is 18. The lowest BCUT2D eigenvalue weighted by Crippen LogP contribution is -2.29. The van der Waals surface area contributed by atoms with E-state index in [1.807, 2.05) is 0 Å². The van der Waals surface area contributed by atoms with Gasteiger partial charge in [-0.05, 0) is 150 Å². The number of hydrogen-bond acceptors (Lipinski definition) is 2. The van der Waals surface area contributed by atoms with Crippen LogP contribution in [0.15, 0.2) is 255 Å². The molecule has 1 atom stereocenters. The average Bonchev–Trinajstić information content (AvgIpc) is 3.54. The Kier molecular flexibility index (Phi) is 8.23. The molecular weight excluding hydrogens is 809 g/mol. The van der Waals surface area contributed by atoms with Gasteiger partial charge in [0.1, 0.15) is 0 Å². The van der Waals surface area contributed by atoms with Crippen molar-refractivity contribution in [1.29, 1.82) is 0 Å². The molecule has 0 N–H and O–H groups in total. The molecule has 2 heteroatoms. The molecule has 312 valence electrons. The van der Waals surface area contributed by atoms with Gasteiger partial charge in [0.2, 0.25) is 0 Å². The van der Waals surface area contributed by atoms with Crippen molar-refractivity contribution in [2.45, 2.75) is 5.41 Å². The van der Waals surface area contributed by atoms with Crippen LogP contribution >= 0.6 is 0 Å². The van der Waals surface area contributed by atoms with Crippen LogP contribution < -0.4 is 9.80 Å². The summed E-state index contributed by atoms with van der Waals surface area (Å²) in [4.78, 5) is 4.87. The van der Waals surface area contributed by atoms with Crippen LogP contribution in [0.4, 0.5) is 34.1 Å². The van der Waals surface area contributed by atoms with E-state index in [0.717, 1.165) is 34.1 Å². The molecule has 0 radical (unpaired) electrons. The van der Waals surface area contributed by atoms with Crippen molar-refractivity contribution in [3.63, 3.8) is 0 Å². The second-order valence-electron chi connectivity index (χ2n) is 18.0. The molecule has 67 heavy (non-hydrogen) atoms. The number of hydrogen-bond donors (Lipinski definition) is 0. The minimum Gasteiger partial charge on any atom is -0.310 e. The van der Waals surface area contributed by atoms with E-state index in [1.54, 1.807) is 0 Å². The first-order valence-electron chi connectivity index (χ1n) is 23.3. The normalized spacial score (nSPS) is 14.6. The number of anilines is 6. The Hall–Kier alpha value is -8.72. The fourth-order valence-electron chi connectivity index (χ4n) is 11.8. The Labute approximate surface area is 390 Å². The van der Waals surface area contributed by atoms with E-state index < -0.39 is 5.41 Å². The van der Waals surface area contributed by atoms with Crippen LogP contribution in [0, 0.1) is 0 Å². The molecule has 0 aromatic heterocycles. The van der Waals surface area contributed by atoms with E-state index >= 15 is 0 Å². The molecule has 1 unspecified atom stereocenters. The third-order valence-corrected chi connectivity index (χ3v) is 14.6. The highest BCUT2D eigenvalue weighted by Crippen LogP contribution is 2.62. The third-order valence-electron chi connectivity index (χ3n) is 14.6. The first-order chi connectivity index (χ1) is 33.3. The number of benzene rings is 11. The molecule has 2 aliphatic carbocycles. The predicted octanol–water partition coefficient (Wildman–Crippen LogP) is 17.4. The van der Waals surface area contributed by atoms with E-state index in [4.69, 9.17) is 0 Å². The van der Waals surface area contributed by atoms with Crippen molar-refractivity contribution >= 4 is 44.9 Å². The minimum absolute atomic E-state index is 0.581. The predicted molar refractivity (Wildman–Crippen MR) is 279 cm³/mol. The number of para-hydroxylation sites is 4. The monoisotopic (exact) mass is 850 g/mol. The van der Waals surface area contributed by atoms with Gasteiger partial charge < -0.3 is 9.80 Å². The summed E-state index contributed by atoms with van der Waals surface area (Å²) in [5, 5.41) is 2.51. The lowest BCUT2D eigenvalue weighted by molar-refractivity contribution is 0.776. The minimum atomic E-state index is -0.581. The second-order valence-corrected chi connectivity index (χ2v) is 18.0. The maximum atomic E-state index is 2.48. The zero-order valence-electron chi connectivity index (χ0n) is 36.6. The topological polar surface area (TPSA) is 6.48 Å². The van der Waals surface area contributed by atoms with Crippen molar-refractivity contribution in [2.24, 2.45) is 0 Å². The Morgan fingerprint density at radius 2 is 0.687 bits per heavy atom. The van der Waals surface area contributed by atoms with Gasteiger partial charge in [0.05, 0.1) is 16.8 Å². The molecule has 0 amide bonds. The van der Waals surface area contributed by atoms with Gasteiger partial charge in [0.15, 0.2) is 0 Å². The highest BCUT2D eigenvalue weighted by atomic mass is 15.2. The quantitative estimate of drug-likeness (QED) is 0.174. The standard InChI is InChI=1S/C65H42N2/c1-3-21-45(22-4-1)66(47-35-37-51-54-29-13-17-33-63(54)67(46-23-5-2-6-24-46)64-34-18-14-30-55(64)56(51)41-47)48-36-38-61-58(42-48)50-26-10-9-25-49(50)52-27-11-15-31-59(52)65(61)60-32-16-12-28-53(60)57-39-43-19-7-8-20-44(43)40-62(57)65/h1-42H. The molecule has 1 heterocycles. The van der Waals surface area contributed by atoms with Crippen molar-refractivity contribution in [3.05, 3.63) is 277 Å². The van der Waals surface area contributed by atoms with Gasteiger partial charge in [-0.15, -0.1) is 0 Å². The second kappa shape index (κ2) is 14.7. The first-order valence-corrected chi connectivity index (χ1v) is 23.3. The van der Waals surface area contributed by atoms with Crippen LogP contribution in [0.3, 0.4) is 0 Å². The maximum Gasteiger partial charge on any atom is 0.0725 e. The fraction of sp³-hybridized carbons (Fsp3) is 0.0154. The van der Waals surface area contributed by atoms with Crippen molar-refractivity contribution in [2.75, 3.05) is 9.80 Å². The summed E-state index contributed by atoms with van der Waals surface area (Å²) in [5.41, 5.74) is 23.8. The lowest BCUT2D eigenvalue weighted by Gasteiger charge is -2.36. The van der Waals surface area contributed by atoms with Crippen LogP contribution in [0.2, 0.25) is 0 Å². The van der Waals surface area contributed by atoms with Gasteiger partial charge in [-0.25, -0.2) is 0 Å². The molecule has 1 aliphatic heterocycles. The van der Waals surface area contributed by atoms with Crippen LogP contribution in [0.5, 0.6) is 0 Å². The first kappa shape index (κ1) is 37.6. The van der Waals surface area contributed by atoms with Crippen LogP contribution in [-0.2, 0) is 5.41 Å². The summed E-state index contributed by atoms with van der Waals surface area (Å²) < 4.78 is 0. The van der Waals surface area contributed by atoms with Crippen LogP contribution in [0.25, 0.3) is 66.4 Å². The molecule has 0 bridgehead atoms. The zero-order chi connectivity index (χ0) is 44.1. The Bertz CT molecular complexity index is 3780. The Balaban J connectivity index is 1.04. The Morgan fingerprint density at radius 3 is 1.36 bits per heavy atom. The molecule has 14 rings (SSSR count). The van der Waals surface area contributed by atoms with Gasteiger partial charge in [-0.1, -0.05) is 182 Å². The van der Waals surface area contributed by atoms with Crippen LogP contribution in [0.1, 0.15) is 22.3 Å². The van der Waals surface area contributed by atoms with Crippen molar-refractivity contribution in [3.8, 4) is 55.6 Å². The lowest BCUT2D eigenvalue weighted by atomic mass is 9.65. The molecule has 2 nitrogen and oxygen atoms in total. The van der Waals surface area contributed by atoms with Crippen molar-refractivity contribution < 1.29 is 0 Å². The smallest absolute Gasteiger partial charge is 0.0725 e. The van der Waals surface area contributed by atoms with Gasteiger partial charge in [-0.3, -0.25) is 0 Å². The van der Waals surface area contributed by atoms with E-state index in [2.05, 4.69) is 265 Å². The van der Waals surface area contributed by atoms with E-state index in [9.17, 15) is 0 Å². The molecule has 0 saturated heterocycles. The molecule has 11 aromatic rings. The molecular formula is C65H42N2. The SMILES string of the molecule is c1ccc(N(c2ccc3c(c2)-c2ccccc2N(c2ccccc2)c2ccccc2-3)c2ccc3c(c2)-c2ccccc2-c2ccccc2C32c3ccccc3-c3cc4ccccc4cc32)cc1. The van der Waals surface area contributed by atoms with Crippen molar-refractivity contribution in [1.82, 2.24) is 0 Å². The zero-order valence-corrected chi connectivity index (χ0v) is 36.6. The summed E-state index contributed by atoms with van der Waals surface area (Å²) >= 11 is 0. The van der Waals surface area contributed by atoms with Gasteiger partial charge >= 0.3 is 0 Å². The van der Waals surface area contributed by atoms with E-state index in [1.165, 1.54) is 88.7 Å². The average molecular weight is 851 g/mol. The summed E-state index contributed by atoms with van der Waals surface area (Å²) in [6, 6.07) is 94.8. The molecule has 0 fully saturated rings. The van der Waals surface area contributed by atoms with Gasteiger partial charge in [0, 0.05) is 33.9 Å². The summed E-state index contributed by atoms with van der Waals surface area (Å²) in [6.07, 6.45) is 0. The highest BCUT2D eigenvalue weighted by molar-refractivity contribution is 6.05. The number of rotatable bonds is 4. The summed E-state index contributed by atoms with van der Waals surface area (Å²) in [5.74, 6) is 0.